The van der Waals surface area contributed by atoms with Crippen molar-refractivity contribution >= 4 is 17.5 Å². The van der Waals surface area contributed by atoms with Gasteiger partial charge in [-0.15, -0.1) is 0 Å². The summed E-state index contributed by atoms with van der Waals surface area (Å²) in [5, 5.41) is 5.78. The van der Waals surface area contributed by atoms with Gasteiger partial charge < -0.3 is 10.6 Å². The molecule has 132 valence electrons. The van der Waals surface area contributed by atoms with Crippen molar-refractivity contribution in [1.29, 1.82) is 0 Å². The molecule has 26 heavy (non-hydrogen) atoms. The zero-order valence-electron chi connectivity index (χ0n) is 14.4. The summed E-state index contributed by atoms with van der Waals surface area (Å²) in [6.07, 6.45) is 0.822. The Bertz CT molecular complexity index is 899. The van der Waals surface area contributed by atoms with Crippen LogP contribution in [0, 0.1) is 12.7 Å². The van der Waals surface area contributed by atoms with Crippen LogP contribution in [0.1, 0.15) is 21.7 Å². The zero-order valence-corrected chi connectivity index (χ0v) is 14.4. The van der Waals surface area contributed by atoms with Crippen molar-refractivity contribution in [3.8, 4) is 0 Å². The van der Waals surface area contributed by atoms with Crippen LogP contribution >= 0.6 is 0 Å². The molecule has 0 atom stereocenters. The topological polar surface area (TPSA) is 66.9 Å². The third kappa shape index (κ3) is 4.86. The second-order valence-corrected chi connectivity index (χ2v) is 5.85. The van der Waals surface area contributed by atoms with Crippen LogP contribution < -0.4 is 10.6 Å². The summed E-state index contributed by atoms with van der Waals surface area (Å²) < 4.78 is 13.2. The molecule has 0 aliphatic heterocycles. The number of hydrogen-bond acceptors (Lipinski definition) is 4. The second-order valence-electron chi connectivity index (χ2n) is 5.85. The average Bonchev–Trinajstić information content (AvgIpc) is 2.62. The number of anilines is 2. The van der Waals surface area contributed by atoms with E-state index in [0.29, 0.717) is 23.9 Å². The van der Waals surface area contributed by atoms with Gasteiger partial charge in [0.2, 0.25) is 5.95 Å². The van der Waals surface area contributed by atoms with E-state index >= 15 is 0 Å². The quantitative estimate of drug-likeness (QED) is 0.709. The molecule has 3 rings (SSSR count). The highest BCUT2D eigenvalue weighted by atomic mass is 19.1. The van der Waals surface area contributed by atoms with E-state index in [1.807, 2.05) is 18.2 Å². The van der Waals surface area contributed by atoms with Crippen molar-refractivity contribution in [2.75, 3.05) is 17.2 Å². The predicted octanol–water partition coefficient (Wildman–Crippen LogP) is 3.83. The van der Waals surface area contributed by atoms with Crippen molar-refractivity contribution in [1.82, 2.24) is 9.97 Å². The number of aromatic nitrogens is 2. The van der Waals surface area contributed by atoms with E-state index in [0.717, 1.165) is 6.42 Å². The number of carbonyl (C=O) groups is 1. The minimum Gasteiger partial charge on any atom is -0.354 e. The van der Waals surface area contributed by atoms with Gasteiger partial charge in [0.25, 0.3) is 5.91 Å². The number of amides is 1. The van der Waals surface area contributed by atoms with E-state index in [2.05, 4.69) is 32.7 Å². The molecule has 0 spiro atoms. The number of rotatable bonds is 6. The summed E-state index contributed by atoms with van der Waals surface area (Å²) in [5.74, 6) is -0.428. The second kappa shape index (κ2) is 8.20. The van der Waals surface area contributed by atoms with Gasteiger partial charge in [0.05, 0.1) is 0 Å². The van der Waals surface area contributed by atoms with Gasteiger partial charge in [-0.25, -0.2) is 14.4 Å². The summed E-state index contributed by atoms with van der Waals surface area (Å²) in [6.45, 7) is 2.45. The lowest BCUT2D eigenvalue weighted by Crippen LogP contribution is -2.17. The molecule has 0 aliphatic rings. The van der Waals surface area contributed by atoms with Gasteiger partial charge in [-0.3, -0.25) is 4.79 Å². The Morgan fingerprint density at radius 1 is 1.04 bits per heavy atom. The summed E-state index contributed by atoms with van der Waals surface area (Å²) in [4.78, 5) is 20.9. The molecule has 0 saturated carbocycles. The maximum atomic E-state index is 13.2. The molecule has 1 aromatic heterocycles. The number of halogens is 1. The standard InChI is InChI=1S/C20H19FN4O/c1-14-12-18(19(26)24-17-9-5-8-16(21)13-17)25-20(23-14)22-11-10-15-6-3-2-4-7-15/h2-9,12-13H,10-11H2,1H3,(H,24,26)(H,22,23,25). The van der Waals surface area contributed by atoms with E-state index < -0.39 is 11.7 Å². The lowest BCUT2D eigenvalue weighted by atomic mass is 10.1. The number of carbonyl (C=O) groups excluding carboxylic acids is 1. The lowest BCUT2D eigenvalue weighted by molar-refractivity contribution is 0.102. The number of benzene rings is 2. The fourth-order valence-corrected chi connectivity index (χ4v) is 2.49. The third-order valence-electron chi connectivity index (χ3n) is 3.71. The Kier molecular flexibility index (Phi) is 5.53. The molecule has 2 aromatic carbocycles. The molecule has 0 fully saturated rings. The minimum atomic E-state index is -0.412. The zero-order chi connectivity index (χ0) is 18.4. The van der Waals surface area contributed by atoms with Crippen LogP contribution in [0.25, 0.3) is 0 Å². The van der Waals surface area contributed by atoms with Crippen molar-refractivity contribution in [3.63, 3.8) is 0 Å². The first-order chi connectivity index (χ1) is 12.6. The molecule has 1 amide bonds. The van der Waals surface area contributed by atoms with Crippen LogP contribution in [0.4, 0.5) is 16.0 Å². The summed E-state index contributed by atoms with van der Waals surface area (Å²) in [5.41, 5.74) is 2.48. The molecule has 0 bridgehead atoms. The van der Waals surface area contributed by atoms with Crippen LogP contribution in [0.3, 0.4) is 0 Å². The first-order valence-corrected chi connectivity index (χ1v) is 8.30. The van der Waals surface area contributed by atoms with E-state index in [4.69, 9.17) is 0 Å². The number of aryl methyl sites for hydroxylation is 1. The highest BCUT2D eigenvalue weighted by Gasteiger charge is 2.11. The molecule has 6 heteroatoms. The monoisotopic (exact) mass is 350 g/mol. The average molecular weight is 350 g/mol. The van der Waals surface area contributed by atoms with Crippen molar-refractivity contribution in [2.45, 2.75) is 13.3 Å². The normalized spacial score (nSPS) is 10.4. The predicted molar refractivity (Wildman–Crippen MR) is 99.8 cm³/mol. The number of nitrogens with one attached hydrogen (secondary N) is 2. The molecule has 5 nitrogen and oxygen atoms in total. The Morgan fingerprint density at radius 2 is 1.85 bits per heavy atom. The number of nitrogens with zero attached hydrogens (tertiary/aromatic N) is 2. The molecular weight excluding hydrogens is 331 g/mol. The summed E-state index contributed by atoms with van der Waals surface area (Å²) in [7, 11) is 0. The van der Waals surface area contributed by atoms with Crippen LogP contribution in [0.15, 0.2) is 60.7 Å². The first-order valence-electron chi connectivity index (χ1n) is 8.30. The lowest BCUT2D eigenvalue weighted by Gasteiger charge is -2.09. The van der Waals surface area contributed by atoms with Crippen molar-refractivity contribution in [3.05, 3.63) is 83.4 Å². The van der Waals surface area contributed by atoms with E-state index in [1.165, 1.54) is 23.8 Å². The SMILES string of the molecule is Cc1cc(C(=O)Nc2cccc(F)c2)nc(NCCc2ccccc2)n1. The largest absolute Gasteiger partial charge is 0.354 e. The van der Waals surface area contributed by atoms with E-state index in [-0.39, 0.29) is 5.69 Å². The highest BCUT2D eigenvalue weighted by Crippen LogP contribution is 2.12. The fourth-order valence-electron chi connectivity index (χ4n) is 2.49. The van der Waals surface area contributed by atoms with Crippen LogP contribution in [0.5, 0.6) is 0 Å². The smallest absolute Gasteiger partial charge is 0.274 e. The molecule has 0 aliphatic carbocycles. The van der Waals surface area contributed by atoms with Gasteiger partial charge in [-0.2, -0.15) is 0 Å². The molecule has 0 unspecified atom stereocenters. The van der Waals surface area contributed by atoms with E-state index in [9.17, 15) is 9.18 Å². The van der Waals surface area contributed by atoms with Gasteiger partial charge in [-0.05, 0) is 43.2 Å². The maximum Gasteiger partial charge on any atom is 0.274 e. The molecule has 3 aromatic rings. The Morgan fingerprint density at radius 3 is 2.62 bits per heavy atom. The summed E-state index contributed by atoms with van der Waals surface area (Å²) >= 11 is 0. The fraction of sp³-hybridized carbons (Fsp3) is 0.150. The Labute approximate surface area is 151 Å². The van der Waals surface area contributed by atoms with Gasteiger partial charge in [-0.1, -0.05) is 36.4 Å². The van der Waals surface area contributed by atoms with Crippen molar-refractivity contribution in [2.24, 2.45) is 0 Å². The third-order valence-corrected chi connectivity index (χ3v) is 3.71. The minimum absolute atomic E-state index is 0.226. The Hall–Kier alpha value is -3.28. The molecule has 2 N–H and O–H groups in total. The molecule has 1 heterocycles. The first kappa shape index (κ1) is 17.5. The van der Waals surface area contributed by atoms with Gasteiger partial charge in [0, 0.05) is 17.9 Å². The van der Waals surface area contributed by atoms with Crippen LogP contribution in [0.2, 0.25) is 0 Å². The van der Waals surface area contributed by atoms with Crippen molar-refractivity contribution < 1.29 is 9.18 Å². The highest BCUT2D eigenvalue weighted by molar-refractivity contribution is 6.03. The van der Waals surface area contributed by atoms with E-state index in [1.54, 1.807) is 19.1 Å². The molecular formula is C20H19FN4O. The summed E-state index contributed by atoms with van der Waals surface area (Å²) in [6, 6.07) is 17.4. The molecule has 0 radical (unpaired) electrons. The number of hydrogen-bond donors (Lipinski definition) is 2. The molecule has 0 saturated heterocycles. The van der Waals surface area contributed by atoms with Crippen LogP contribution in [-0.2, 0) is 6.42 Å². The maximum absolute atomic E-state index is 13.2. The van der Waals surface area contributed by atoms with Crippen LogP contribution in [-0.4, -0.2) is 22.4 Å². The van der Waals surface area contributed by atoms with Gasteiger partial charge in [0.1, 0.15) is 11.5 Å². The Balaban J connectivity index is 1.65. The van der Waals surface area contributed by atoms with Gasteiger partial charge in [0.15, 0.2) is 0 Å². The van der Waals surface area contributed by atoms with Gasteiger partial charge >= 0.3 is 0 Å².